The van der Waals surface area contributed by atoms with Crippen molar-refractivity contribution in [3.8, 4) is 0 Å². The normalized spacial score (nSPS) is 51.3. The maximum Gasteiger partial charge on any atom is 0.310 e. The molecule has 5 aliphatic rings. The van der Waals surface area contributed by atoms with Crippen molar-refractivity contribution in [1.82, 2.24) is 0 Å². The average Bonchev–Trinajstić information content (AvgIpc) is 2.84. The van der Waals surface area contributed by atoms with Gasteiger partial charge in [-0.2, -0.15) is 0 Å². The van der Waals surface area contributed by atoms with Crippen molar-refractivity contribution in [2.24, 2.45) is 29.6 Å². The van der Waals surface area contributed by atoms with Crippen molar-refractivity contribution in [1.29, 1.82) is 0 Å². The molecule has 1 saturated carbocycles. The van der Waals surface area contributed by atoms with Crippen molar-refractivity contribution in [2.45, 2.75) is 90.7 Å². The highest BCUT2D eigenvalue weighted by Crippen LogP contribution is 2.60. The second kappa shape index (κ2) is 6.43. The smallest absolute Gasteiger partial charge is 0.310 e. The molecule has 4 heterocycles. The summed E-state index contributed by atoms with van der Waals surface area (Å²) in [4.78, 5) is 24.2. The summed E-state index contributed by atoms with van der Waals surface area (Å²) in [6.45, 7) is 10.2. The monoisotopic (exact) mass is 368 g/mol. The number of hydrogen-bond acceptors (Lipinski definition) is 6. The van der Waals surface area contributed by atoms with Crippen LogP contribution in [0.4, 0.5) is 0 Å². The summed E-state index contributed by atoms with van der Waals surface area (Å²) >= 11 is 0. The molecule has 148 valence electrons. The van der Waals surface area contributed by atoms with E-state index in [1.807, 2.05) is 20.8 Å². The predicted molar refractivity (Wildman–Crippen MR) is 92.4 cm³/mol. The van der Waals surface area contributed by atoms with Crippen LogP contribution in [0.2, 0.25) is 0 Å². The Balaban J connectivity index is 1.65. The molecule has 1 spiro atoms. The highest BCUT2D eigenvalue weighted by Gasteiger charge is 2.69. The Morgan fingerprint density at radius 3 is 2.69 bits per heavy atom. The Bertz CT molecular complexity index is 567. The van der Waals surface area contributed by atoms with Gasteiger partial charge in [0.15, 0.2) is 11.9 Å². The van der Waals surface area contributed by atoms with Gasteiger partial charge in [0.25, 0.3) is 0 Å². The van der Waals surface area contributed by atoms with Crippen molar-refractivity contribution < 1.29 is 28.8 Å². The maximum atomic E-state index is 12.4. The molecule has 4 unspecified atom stereocenters. The molecule has 0 aromatic rings. The number of rotatable bonds is 3. The molecule has 5 rings (SSSR count). The van der Waals surface area contributed by atoms with Gasteiger partial charge in [-0.25, -0.2) is 9.78 Å². The van der Waals surface area contributed by atoms with E-state index in [2.05, 4.69) is 13.8 Å². The molecule has 0 aromatic heterocycles. The maximum absolute atomic E-state index is 12.4. The minimum atomic E-state index is -0.802. The van der Waals surface area contributed by atoms with E-state index in [0.717, 1.165) is 32.1 Å². The van der Waals surface area contributed by atoms with Crippen LogP contribution in [0.25, 0.3) is 0 Å². The Labute approximate surface area is 155 Å². The van der Waals surface area contributed by atoms with Crippen molar-refractivity contribution in [3.05, 3.63) is 0 Å². The molecule has 2 bridgehead atoms. The lowest BCUT2D eigenvalue weighted by atomic mass is 9.58. The lowest BCUT2D eigenvalue weighted by molar-refractivity contribution is -0.576. The van der Waals surface area contributed by atoms with E-state index in [0.29, 0.717) is 11.8 Å². The third-order valence-electron chi connectivity index (χ3n) is 7.34. The van der Waals surface area contributed by atoms with E-state index in [1.165, 1.54) is 0 Å². The molecule has 0 N–H and O–H groups in total. The van der Waals surface area contributed by atoms with Crippen molar-refractivity contribution >= 4 is 5.97 Å². The van der Waals surface area contributed by atoms with Gasteiger partial charge < -0.3 is 14.2 Å². The summed E-state index contributed by atoms with van der Waals surface area (Å²) in [5.41, 5.74) is -0.605. The summed E-state index contributed by atoms with van der Waals surface area (Å²) in [7, 11) is 0. The molecule has 9 atom stereocenters. The van der Waals surface area contributed by atoms with Gasteiger partial charge in [0.05, 0.1) is 5.92 Å². The fourth-order valence-electron chi connectivity index (χ4n) is 5.40. The van der Waals surface area contributed by atoms with Gasteiger partial charge in [0.2, 0.25) is 12.1 Å². The molecule has 5 fully saturated rings. The van der Waals surface area contributed by atoms with Gasteiger partial charge in [-0.3, -0.25) is 4.79 Å². The van der Waals surface area contributed by atoms with Gasteiger partial charge in [0.1, 0.15) is 0 Å². The van der Waals surface area contributed by atoms with Crippen LogP contribution in [-0.2, 0) is 28.8 Å². The van der Waals surface area contributed by atoms with Gasteiger partial charge in [-0.1, -0.05) is 27.7 Å². The highest BCUT2D eigenvalue weighted by atomic mass is 17.3. The second-order valence-corrected chi connectivity index (χ2v) is 9.02. The van der Waals surface area contributed by atoms with E-state index < -0.39 is 24.0 Å². The molecule has 26 heavy (non-hydrogen) atoms. The summed E-state index contributed by atoms with van der Waals surface area (Å²) < 4.78 is 18.3. The van der Waals surface area contributed by atoms with Crippen LogP contribution < -0.4 is 0 Å². The van der Waals surface area contributed by atoms with E-state index in [-0.39, 0.29) is 23.7 Å². The Kier molecular flexibility index (Phi) is 4.62. The fraction of sp³-hybridized carbons (Fsp3) is 0.950. The molecule has 0 aromatic carbocycles. The topological polar surface area (TPSA) is 63.2 Å². The molecule has 4 aliphatic heterocycles. The van der Waals surface area contributed by atoms with Crippen LogP contribution >= 0.6 is 0 Å². The first-order valence-electron chi connectivity index (χ1n) is 10.2. The van der Waals surface area contributed by atoms with Crippen LogP contribution in [0, 0.1) is 29.6 Å². The zero-order chi connectivity index (χ0) is 18.7. The van der Waals surface area contributed by atoms with E-state index in [9.17, 15) is 4.79 Å². The zero-order valence-electron chi connectivity index (χ0n) is 16.5. The summed E-state index contributed by atoms with van der Waals surface area (Å²) in [5, 5.41) is 0. The molecule has 6 nitrogen and oxygen atoms in total. The van der Waals surface area contributed by atoms with Crippen molar-refractivity contribution in [3.63, 3.8) is 0 Å². The number of carbonyl (C=O) groups is 1. The van der Waals surface area contributed by atoms with E-state index >= 15 is 0 Å². The molecule has 0 amide bonds. The quantitative estimate of drug-likeness (QED) is 0.558. The van der Waals surface area contributed by atoms with Crippen LogP contribution in [0.1, 0.15) is 66.7 Å². The predicted octanol–water partition coefficient (Wildman–Crippen LogP) is 3.78. The molecular formula is C20H32O6. The number of hydrogen-bond donors (Lipinski definition) is 0. The second-order valence-electron chi connectivity index (χ2n) is 9.02. The standard InChI is InChI=1S/C20H32O6/c1-6-11(2)16(21)22-17-13(4)15-8-7-12(3)14-9-10-19(5)24-18(23-17)20(14,15)26-25-19/h11-15,17-18H,6-10H2,1-5H3/t11?,12-,13-,14+,15?,17?,18-,19+,20?/m1/s1. The van der Waals surface area contributed by atoms with Gasteiger partial charge in [-0.05, 0) is 44.4 Å². The van der Waals surface area contributed by atoms with Crippen LogP contribution in [0.5, 0.6) is 0 Å². The average molecular weight is 368 g/mol. The SMILES string of the molecule is CCC(C)C(=O)OC1O[C@@H]2O[C@]3(C)CC[C@H]4[C@H](C)CCC([C@H]1C)C24OO3. The van der Waals surface area contributed by atoms with E-state index in [4.69, 9.17) is 24.0 Å². The number of esters is 1. The third kappa shape index (κ3) is 2.64. The van der Waals surface area contributed by atoms with Gasteiger partial charge >= 0.3 is 5.97 Å². The first kappa shape index (κ1) is 18.7. The van der Waals surface area contributed by atoms with Gasteiger partial charge in [0, 0.05) is 18.3 Å². The zero-order valence-corrected chi connectivity index (χ0v) is 16.5. The number of fused-ring (bicyclic) bond motifs is 2. The van der Waals surface area contributed by atoms with Crippen LogP contribution in [-0.4, -0.2) is 29.9 Å². The summed E-state index contributed by atoms with van der Waals surface area (Å²) in [6, 6.07) is 0. The van der Waals surface area contributed by atoms with E-state index in [1.54, 1.807) is 0 Å². The minimum Gasteiger partial charge on any atom is -0.435 e. The lowest BCUT2D eigenvalue weighted by Crippen LogP contribution is -2.70. The minimum absolute atomic E-state index is 0.0314. The molecule has 6 heteroatoms. The number of carbonyl (C=O) groups excluding carboxylic acids is 1. The number of ether oxygens (including phenoxy) is 3. The summed E-state index contributed by atoms with van der Waals surface area (Å²) in [5.74, 6) is -0.0828. The molecule has 1 aliphatic carbocycles. The Morgan fingerprint density at radius 1 is 1.19 bits per heavy atom. The van der Waals surface area contributed by atoms with Crippen LogP contribution in [0.3, 0.4) is 0 Å². The molecule has 0 radical (unpaired) electrons. The fourth-order valence-corrected chi connectivity index (χ4v) is 5.40. The van der Waals surface area contributed by atoms with Crippen molar-refractivity contribution in [2.75, 3.05) is 0 Å². The van der Waals surface area contributed by atoms with Crippen LogP contribution in [0.15, 0.2) is 0 Å². The Morgan fingerprint density at radius 2 is 1.96 bits per heavy atom. The van der Waals surface area contributed by atoms with Gasteiger partial charge in [-0.15, -0.1) is 0 Å². The summed E-state index contributed by atoms with van der Waals surface area (Å²) in [6.07, 6.45) is 3.51. The Hall–Kier alpha value is -0.690. The molecule has 4 saturated heterocycles. The lowest BCUT2D eigenvalue weighted by Gasteiger charge is -2.59. The molecular weight excluding hydrogens is 336 g/mol. The largest absolute Gasteiger partial charge is 0.435 e. The third-order valence-corrected chi connectivity index (χ3v) is 7.34. The first-order valence-corrected chi connectivity index (χ1v) is 10.2. The first-order chi connectivity index (χ1) is 12.3. The highest BCUT2D eigenvalue weighted by molar-refractivity contribution is 5.72.